The standard InChI is InChI=1S/C17H26N4O2/c1-19(2)16(14-7-5-4-6-8-14)17(23)18-13-15(22)21-11-9-20(3)10-12-21/h4-8,16H,9-13H2,1-3H3,(H,18,23). The maximum absolute atomic E-state index is 12.5. The summed E-state index contributed by atoms with van der Waals surface area (Å²) in [7, 11) is 5.77. The molecule has 1 aromatic carbocycles. The predicted octanol–water partition coefficient (Wildman–Crippen LogP) is 0.180. The van der Waals surface area contributed by atoms with Crippen LogP contribution in [-0.2, 0) is 9.59 Å². The fraction of sp³-hybridized carbons (Fsp3) is 0.529. The second-order valence-electron chi connectivity index (χ2n) is 6.18. The number of hydrogen-bond acceptors (Lipinski definition) is 4. The van der Waals surface area contributed by atoms with Gasteiger partial charge in [0.1, 0.15) is 6.04 Å². The minimum Gasteiger partial charge on any atom is -0.345 e. The van der Waals surface area contributed by atoms with E-state index in [1.54, 1.807) is 0 Å². The van der Waals surface area contributed by atoms with Crippen molar-refractivity contribution in [2.45, 2.75) is 6.04 Å². The van der Waals surface area contributed by atoms with E-state index in [0.717, 1.165) is 31.7 Å². The third-order valence-corrected chi connectivity index (χ3v) is 4.15. The molecule has 1 atom stereocenters. The van der Waals surface area contributed by atoms with Crippen molar-refractivity contribution in [3.63, 3.8) is 0 Å². The number of nitrogens with one attached hydrogen (secondary N) is 1. The fourth-order valence-electron chi connectivity index (χ4n) is 2.75. The van der Waals surface area contributed by atoms with Crippen molar-refractivity contribution in [2.75, 3.05) is 53.9 Å². The number of carbonyl (C=O) groups excluding carboxylic acids is 2. The van der Waals surface area contributed by atoms with Crippen molar-refractivity contribution in [1.82, 2.24) is 20.0 Å². The lowest BCUT2D eigenvalue weighted by atomic mass is 10.1. The maximum Gasteiger partial charge on any atom is 0.242 e. The Labute approximate surface area is 138 Å². The number of amides is 2. The van der Waals surface area contributed by atoms with Crippen LogP contribution in [0, 0.1) is 0 Å². The van der Waals surface area contributed by atoms with Crippen molar-refractivity contribution in [2.24, 2.45) is 0 Å². The molecule has 6 heteroatoms. The van der Waals surface area contributed by atoms with Crippen LogP contribution in [-0.4, -0.2) is 80.4 Å². The summed E-state index contributed by atoms with van der Waals surface area (Å²) >= 11 is 0. The number of piperazine rings is 1. The Hall–Kier alpha value is -1.92. The quantitative estimate of drug-likeness (QED) is 0.841. The van der Waals surface area contributed by atoms with Gasteiger partial charge >= 0.3 is 0 Å². The topological polar surface area (TPSA) is 55.9 Å². The van der Waals surface area contributed by atoms with Crippen molar-refractivity contribution < 1.29 is 9.59 Å². The van der Waals surface area contributed by atoms with Gasteiger partial charge in [-0.05, 0) is 26.7 Å². The first-order valence-electron chi connectivity index (χ1n) is 7.94. The molecule has 0 radical (unpaired) electrons. The van der Waals surface area contributed by atoms with E-state index in [2.05, 4.69) is 10.2 Å². The smallest absolute Gasteiger partial charge is 0.242 e. The highest BCUT2D eigenvalue weighted by Gasteiger charge is 2.24. The molecule has 0 spiro atoms. The van der Waals surface area contributed by atoms with Crippen molar-refractivity contribution in [3.8, 4) is 0 Å². The third-order valence-electron chi connectivity index (χ3n) is 4.15. The van der Waals surface area contributed by atoms with Crippen LogP contribution in [0.3, 0.4) is 0 Å². The van der Waals surface area contributed by atoms with Crippen LogP contribution < -0.4 is 5.32 Å². The van der Waals surface area contributed by atoms with Gasteiger partial charge < -0.3 is 15.1 Å². The van der Waals surface area contributed by atoms with Crippen LogP contribution in [0.25, 0.3) is 0 Å². The Kier molecular flexibility index (Phi) is 6.12. The average Bonchev–Trinajstić information content (AvgIpc) is 2.54. The van der Waals surface area contributed by atoms with Gasteiger partial charge in [0, 0.05) is 26.2 Å². The normalized spacial score (nSPS) is 17.1. The van der Waals surface area contributed by atoms with Gasteiger partial charge in [0.05, 0.1) is 6.54 Å². The molecule has 0 saturated carbocycles. The Balaban J connectivity index is 1.91. The number of hydrogen-bond donors (Lipinski definition) is 1. The lowest BCUT2D eigenvalue weighted by molar-refractivity contribution is -0.135. The minimum absolute atomic E-state index is 0.0167. The second kappa shape index (κ2) is 8.08. The first-order valence-corrected chi connectivity index (χ1v) is 7.94. The van der Waals surface area contributed by atoms with E-state index in [9.17, 15) is 9.59 Å². The molecule has 2 rings (SSSR count). The predicted molar refractivity (Wildman–Crippen MR) is 90.0 cm³/mol. The molecule has 0 aliphatic carbocycles. The van der Waals surface area contributed by atoms with Crippen LogP contribution in [0.2, 0.25) is 0 Å². The zero-order valence-electron chi connectivity index (χ0n) is 14.2. The highest BCUT2D eigenvalue weighted by molar-refractivity contribution is 5.88. The van der Waals surface area contributed by atoms with Crippen LogP contribution in [0.5, 0.6) is 0 Å². The Morgan fingerprint density at radius 3 is 2.30 bits per heavy atom. The highest BCUT2D eigenvalue weighted by atomic mass is 16.2. The number of carbonyl (C=O) groups is 2. The average molecular weight is 318 g/mol. The van der Waals surface area contributed by atoms with Crippen molar-refractivity contribution >= 4 is 11.8 Å². The van der Waals surface area contributed by atoms with E-state index in [0.29, 0.717) is 0 Å². The molecule has 1 aliphatic rings. The molecule has 0 aromatic heterocycles. The third kappa shape index (κ3) is 4.77. The molecule has 6 nitrogen and oxygen atoms in total. The fourth-order valence-corrected chi connectivity index (χ4v) is 2.75. The van der Waals surface area contributed by atoms with E-state index < -0.39 is 6.04 Å². The first-order chi connectivity index (χ1) is 11.0. The molecule has 1 heterocycles. The van der Waals surface area contributed by atoms with Gasteiger partial charge in [-0.25, -0.2) is 0 Å². The summed E-state index contributed by atoms with van der Waals surface area (Å²) in [6, 6.07) is 9.20. The zero-order chi connectivity index (χ0) is 16.8. The monoisotopic (exact) mass is 318 g/mol. The summed E-state index contributed by atoms with van der Waals surface area (Å²) < 4.78 is 0. The zero-order valence-corrected chi connectivity index (χ0v) is 14.2. The van der Waals surface area contributed by atoms with Crippen LogP contribution >= 0.6 is 0 Å². The summed E-state index contributed by atoms with van der Waals surface area (Å²) in [5.41, 5.74) is 0.919. The summed E-state index contributed by atoms with van der Waals surface area (Å²) in [6.07, 6.45) is 0. The van der Waals surface area contributed by atoms with E-state index in [1.165, 1.54) is 0 Å². The minimum atomic E-state index is -0.392. The summed E-state index contributed by atoms with van der Waals surface area (Å²) in [5.74, 6) is -0.166. The maximum atomic E-state index is 12.5. The molecule has 1 unspecified atom stereocenters. The Morgan fingerprint density at radius 1 is 1.13 bits per heavy atom. The summed E-state index contributed by atoms with van der Waals surface area (Å²) in [4.78, 5) is 30.6. The SMILES string of the molecule is CN1CCN(C(=O)CNC(=O)C(c2ccccc2)N(C)C)CC1. The van der Waals surface area contributed by atoms with Gasteiger partial charge in [-0.15, -0.1) is 0 Å². The van der Waals surface area contributed by atoms with Gasteiger partial charge in [-0.3, -0.25) is 14.5 Å². The Morgan fingerprint density at radius 2 is 1.74 bits per heavy atom. The van der Waals surface area contributed by atoms with E-state index >= 15 is 0 Å². The van der Waals surface area contributed by atoms with Crippen LogP contribution in [0.15, 0.2) is 30.3 Å². The van der Waals surface area contributed by atoms with Gasteiger partial charge in [0.2, 0.25) is 11.8 Å². The largest absolute Gasteiger partial charge is 0.345 e. The molecule has 1 aromatic rings. The van der Waals surface area contributed by atoms with E-state index in [-0.39, 0.29) is 18.4 Å². The summed E-state index contributed by atoms with van der Waals surface area (Å²) in [6.45, 7) is 3.26. The summed E-state index contributed by atoms with van der Waals surface area (Å²) in [5, 5.41) is 2.79. The molecule has 1 aliphatic heterocycles. The number of likely N-dealkylation sites (N-methyl/N-ethyl adjacent to an activating group) is 2. The number of nitrogens with zero attached hydrogens (tertiary/aromatic N) is 3. The molecular weight excluding hydrogens is 292 g/mol. The van der Waals surface area contributed by atoms with Crippen LogP contribution in [0.1, 0.15) is 11.6 Å². The van der Waals surface area contributed by atoms with Crippen molar-refractivity contribution in [3.05, 3.63) is 35.9 Å². The molecule has 126 valence electrons. The van der Waals surface area contributed by atoms with Gasteiger partial charge in [0.15, 0.2) is 0 Å². The number of benzene rings is 1. The second-order valence-corrected chi connectivity index (χ2v) is 6.18. The number of rotatable bonds is 5. The molecule has 23 heavy (non-hydrogen) atoms. The molecule has 2 amide bonds. The molecule has 1 fully saturated rings. The first kappa shape index (κ1) is 17.4. The lowest BCUT2D eigenvalue weighted by Gasteiger charge is -2.32. The van der Waals surface area contributed by atoms with Crippen molar-refractivity contribution in [1.29, 1.82) is 0 Å². The Bertz CT molecular complexity index is 525. The van der Waals surface area contributed by atoms with Gasteiger partial charge in [0.25, 0.3) is 0 Å². The van der Waals surface area contributed by atoms with E-state index in [1.807, 2.05) is 61.3 Å². The van der Waals surface area contributed by atoms with E-state index in [4.69, 9.17) is 0 Å². The van der Waals surface area contributed by atoms with Gasteiger partial charge in [-0.2, -0.15) is 0 Å². The molecule has 0 bridgehead atoms. The van der Waals surface area contributed by atoms with Crippen LogP contribution in [0.4, 0.5) is 0 Å². The molecular formula is C17H26N4O2. The van der Waals surface area contributed by atoms with Gasteiger partial charge in [-0.1, -0.05) is 30.3 Å². The lowest BCUT2D eigenvalue weighted by Crippen LogP contribution is -2.50. The molecule has 1 N–H and O–H groups in total. The molecule has 1 saturated heterocycles. The highest BCUT2D eigenvalue weighted by Crippen LogP contribution is 2.17.